The number of nitrogens with one attached hydrogen (secondary N) is 1. The zero-order valence-electron chi connectivity index (χ0n) is 17.9. The van der Waals surface area contributed by atoms with Crippen LogP contribution < -0.4 is 11.1 Å². The fourth-order valence-electron chi connectivity index (χ4n) is 4.08. The molecule has 1 aromatic heterocycles. The molecule has 4 rings (SSSR count). The molecule has 2 aromatic rings. The second-order valence-electron chi connectivity index (χ2n) is 8.33. The number of benzene rings is 1. The van der Waals surface area contributed by atoms with Crippen molar-refractivity contribution in [3.63, 3.8) is 0 Å². The Labute approximate surface area is 178 Å². The Kier molecular flexibility index (Phi) is 7.76. The Bertz CT molecular complexity index is 821. The highest BCUT2D eigenvalue weighted by molar-refractivity contribution is 5.78. The second kappa shape index (κ2) is 10.5. The summed E-state index contributed by atoms with van der Waals surface area (Å²) in [5.41, 5.74) is 7.38. The molecule has 1 aromatic carbocycles. The van der Waals surface area contributed by atoms with E-state index in [0.29, 0.717) is 23.6 Å². The minimum Gasteiger partial charge on any atom is -0.396 e. The number of anilines is 2. The fourth-order valence-corrected chi connectivity index (χ4v) is 4.08. The van der Waals surface area contributed by atoms with E-state index in [-0.39, 0.29) is 5.82 Å². The van der Waals surface area contributed by atoms with E-state index >= 15 is 0 Å². The van der Waals surface area contributed by atoms with Gasteiger partial charge in [0, 0.05) is 18.2 Å². The molecular weight excluding hydrogens is 381 g/mol. The monoisotopic (exact) mass is 413 g/mol. The molecule has 2 fully saturated rings. The van der Waals surface area contributed by atoms with Crippen LogP contribution in [0.2, 0.25) is 0 Å². The first-order chi connectivity index (χ1) is 14.5. The van der Waals surface area contributed by atoms with Gasteiger partial charge in [-0.25, -0.2) is 9.37 Å². The maximum Gasteiger partial charge on any atom is 0.212 e. The molecular formula is C23H32FN5O. The van der Waals surface area contributed by atoms with Gasteiger partial charge in [0.05, 0.1) is 11.4 Å². The third-order valence-corrected chi connectivity index (χ3v) is 5.92. The molecule has 0 aliphatic carbocycles. The summed E-state index contributed by atoms with van der Waals surface area (Å²) in [5.74, 6) is 0.928. The maximum atomic E-state index is 12.8. The average Bonchev–Trinajstić information content (AvgIpc) is 3.18. The lowest BCUT2D eigenvalue weighted by molar-refractivity contribution is -0.105. The van der Waals surface area contributed by atoms with Crippen LogP contribution in [0.15, 0.2) is 36.4 Å². The Balaban J connectivity index is 0.000000177. The SMILES string of the molecule is CC1CCN(C2CCN(C)CC2)C1.Nc1ccc(-c2ccc(F)cc2)nc1NC=O. The quantitative estimate of drug-likeness (QED) is 0.751. The summed E-state index contributed by atoms with van der Waals surface area (Å²) in [4.78, 5) is 19.7. The smallest absolute Gasteiger partial charge is 0.212 e. The Morgan fingerprint density at radius 2 is 1.80 bits per heavy atom. The number of piperidine rings is 1. The number of carbonyl (C=O) groups excluding carboxylic acids is 1. The largest absolute Gasteiger partial charge is 0.396 e. The second-order valence-corrected chi connectivity index (χ2v) is 8.33. The van der Waals surface area contributed by atoms with Crippen molar-refractivity contribution in [2.24, 2.45) is 5.92 Å². The van der Waals surface area contributed by atoms with Gasteiger partial charge in [0.15, 0.2) is 5.82 Å². The van der Waals surface area contributed by atoms with Gasteiger partial charge in [0.25, 0.3) is 0 Å². The summed E-state index contributed by atoms with van der Waals surface area (Å²) in [7, 11) is 2.24. The lowest BCUT2D eigenvalue weighted by atomic mass is 10.0. The number of nitrogens with zero attached hydrogens (tertiary/aromatic N) is 3. The molecule has 2 aliphatic heterocycles. The van der Waals surface area contributed by atoms with Crippen molar-refractivity contribution in [3.8, 4) is 11.3 Å². The van der Waals surface area contributed by atoms with E-state index in [2.05, 4.69) is 34.1 Å². The summed E-state index contributed by atoms with van der Waals surface area (Å²) < 4.78 is 12.8. The van der Waals surface area contributed by atoms with Crippen LogP contribution in [0.5, 0.6) is 0 Å². The molecule has 6 nitrogen and oxygen atoms in total. The average molecular weight is 414 g/mol. The van der Waals surface area contributed by atoms with Crippen LogP contribution in [0.1, 0.15) is 26.2 Å². The number of hydrogen-bond donors (Lipinski definition) is 2. The molecule has 0 spiro atoms. The van der Waals surface area contributed by atoms with E-state index in [1.165, 1.54) is 57.6 Å². The molecule has 30 heavy (non-hydrogen) atoms. The van der Waals surface area contributed by atoms with Crippen molar-refractivity contribution in [2.45, 2.75) is 32.2 Å². The predicted molar refractivity (Wildman–Crippen MR) is 120 cm³/mol. The van der Waals surface area contributed by atoms with Crippen molar-refractivity contribution < 1.29 is 9.18 Å². The molecule has 3 heterocycles. The molecule has 1 unspecified atom stereocenters. The van der Waals surface area contributed by atoms with Gasteiger partial charge in [-0.3, -0.25) is 4.79 Å². The zero-order valence-corrected chi connectivity index (χ0v) is 17.9. The van der Waals surface area contributed by atoms with Gasteiger partial charge >= 0.3 is 0 Å². The van der Waals surface area contributed by atoms with Gasteiger partial charge in [-0.15, -0.1) is 0 Å². The fraction of sp³-hybridized carbons (Fsp3) is 0.478. The first-order valence-electron chi connectivity index (χ1n) is 10.6. The number of hydrogen-bond acceptors (Lipinski definition) is 5. The number of amides is 1. The van der Waals surface area contributed by atoms with E-state index in [0.717, 1.165) is 17.5 Å². The third kappa shape index (κ3) is 6.00. The third-order valence-electron chi connectivity index (χ3n) is 5.92. The number of halogens is 1. The molecule has 2 saturated heterocycles. The van der Waals surface area contributed by atoms with Gasteiger partial charge in [-0.1, -0.05) is 6.92 Å². The van der Waals surface area contributed by atoms with Crippen LogP contribution in [-0.2, 0) is 4.79 Å². The number of pyridine rings is 1. The number of nitrogens with two attached hydrogens (primary N) is 1. The van der Waals surface area contributed by atoms with E-state index < -0.39 is 0 Å². The zero-order chi connectivity index (χ0) is 21.5. The Morgan fingerprint density at radius 1 is 1.10 bits per heavy atom. The van der Waals surface area contributed by atoms with Crippen molar-refractivity contribution in [3.05, 3.63) is 42.2 Å². The van der Waals surface area contributed by atoms with Crippen molar-refractivity contribution in [2.75, 3.05) is 44.3 Å². The molecule has 1 amide bonds. The van der Waals surface area contributed by atoms with Crippen LogP contribution in [-0.4, -0.2) is 60.5 Å². The topological polar surface area (TPSA) is 74.5 Å². The highest BCUT2D eigenvalue weighted by Gasteiger charge is 2.27. The minimum atomic E-state index is -0.310. The highest BCUT2D eigenvalue weighted by atomic mass is 19.1. The number of aromatic nitrogens is 1. The normalized spacial score (nSPS) is 20.4. The molecule has 1 atom stereocenters. The van der Waals surface area contributed by atoms with Gasteiger partial charge in [0.1, 0.15) is 5.82 Å². The lowest BCUT2D eigenvalue weighted by Gasteiger charge is -2.35. The first kappa shape index (κ1) is 22.2. The summed E-state index contributed by atoms with van der Waals surface area (Å²) in [6, 6.07) is 10.2. The molecule has 7 heteroatoms. The highest BCUT2D eigenvalue weighted by Crippen LogP contribution is 2.24. The molecule has 3 N–H and O–H groups in total. The van der Waals surface area contributed by atoms with Gasteiger partial charge in [-0.2, -0.15) is 0 Å². The van der Waals surface area contributed by atoms with Crippen LogP contribution in [0.3, 0.4) is 0 Å². The molecule has 0 saturated carbocycles. The predicted octanol–water partition coefficient (Wildman–Crippen LogP) is 3.46. The minimum absolute atomic E-state index is 0.293. The number of likely N-dealkylation sites (tertiary alicyclic amines) is 2. The number of rotatable bonds is 4. The molecule has 0 radical (unpaired) electrons. The standard InChI is InChI=1S/C12H10FN3O.C11H22N2/c13-9-3-1-8(2-4-9)11-6-5-10(14)12(16-11)15-7-17;1-10-3-8-13(9-10)11-4-6-12(2)7-5-11/h1-7H,14H2,(H,15,16,17);10-11H,3-9H2,1-2H3. The summed E-state index contributed by atoms with van der Waals surface area (Å²) in [5, 5.41) is 2.41. The van der Waals surface area contributed by atoms with Crippen molar-refractivity contribution >= 4 is 17.9 Å². The van der Waals surface area contributed by atoms with Gasteiger partial charge < -0.3 is 20.9 Å². The molecule has 162 valence electrons. The van der Waals surface area contributed by atoms with Gasteiger partial charge in [-0.05, 0) is 88.3 Å². The van der Waals surface area contributed by atoms with Crippen molar-refractivity contribution in [1.82, 2.24) is 14.8 Å². The van der Waals surface area contributed by atoms with Crippen LogP contribution in [0.4, 0.5) is 15.9 Å². The summed E-state index contributed by atoms with van der Waals surface area (Å²) in [6.45, 7) is 7.70. The van der Waals surface area contributed by atoms with E-state index in [1.807, 2.05) is 0 Å². The van der Waals surface area contributed by atoms with Crippen molar-refractivity contribution in [1.29, 1.82) is 0 Å². The first-order valence-corrected chi connectivity index (χ1v) is 10.6. The van der Waals surface area contributed by atoms with E-state index in [9.17, 15) is 9.18 Å². The Morgan fingerprint density at radius 3 is 2.40 bits per heavy atom. The summed E-state index contributed by atoms with van der Waals surface area (Å²) >= 11 is 0. The van der Waals surface area contributed by atoms with E-state index in [1.54, 1.807) is 24.3 Å². The number of nitrogen functional groups attached to an aromatic ring is 1. The molecule has 0 bridgehead atoms. The van der Waals surface area contributed by atoms with Gasteiger partial charge in [0.2, 0.25) is 6.41 Å². The summed E-state index contributed by atoms with van der Waals surface area (Å²) in [6.07, 6.45) is 4.71. The van der Waals surface area contributed by atoms with Crippen LogP contribution in [0, 0.1) is 11.7 Å². The van der Waals surface area contributed by atoms with Crippen LogP contribution >= 0.6 is 0 Å². The maximum absolute atomic E-state index is 12.8. The Hall–Kier alpha value is -2.51. The van der Waals surface area contributed by atoms with Crippen LogP contribution in [0.25, 0.3) is 11.3 Å². The molecule has 2 aliphatic rings. The lowest BCUT2D eigenvalue weighted by Crippen LogP contribution is -2.42. The van der Waals surface area contributed by atoms with E-state index in [4.69, 9.17) is 5.73 Å². The number of carbonyl (C=O) groups is 1.